The van der Waals surface area contributed by atoms with Crippen LogP contribution in [0.4, 0.5) is 0 Å². The standard InChI is InChI=1S/C46H30N4S.Pt/c1-29-13-11-14-30(2)43(29)45-49-48-44-38-28-33(24-25-34(38)37-19-5-8-22-41(37)50(44)45)51-32-16-12-15-31(27-32)46(42-23-9-10-26-47-42)39-20-6-3-17-35(39)36-18-4-7-21-40(36)46;/h3-26H,1-2H3;/q-2;+2. The zero-order valence-corrected chi connectivity index (χ0v) is 31.5. The molecular weight excluding hydrogens is 836 g/mol. The summed E-state index contributed by atoms with van der Waals surface area (Å²) in [4.78, 5) is 6.99. The van der Waals surface area contributed by atoms with Crippen LogP contribution in [0.1, 0.15) is 33.5 Å². The molecule has 1 aliphatic rings. The third-order valence-electron chi connectivity index (χ3n) is 10.3. The van der Waals surface area contributed by atoms with E-state index in [0.29, 0.717) is 0 Å². The average Bonchev–Trinajstić information content (AvgIpc) is 3.74. The Morgan fingerprint density at radius 3 is 2.02 bits per heavy atom. The van der Waals surface area contributed by atoms with E-state index in [1.807, 2.05) is 12.3 Å². The summed E-state index contributed by atoms with van der Waals surface area (Å²) in [6.07, 6.45) is 1.89. The maximum Gasteiger partial charge on any atom is 2.00 e. The molecule has 0 saturated heterocycles. The van der Waals surface area contributed by atoms with Crippen molar-refractivity contribution >= 4 is 39.1 Å². The second-order valence-corrected chi connectivity index (χ2v) is 14.2. The summed E-state index contributed by atoms with van der Waals surface area (Å²) in [6, 6.07) is 57.0. The van der Waals surface area contributed by atoms with Gasteiger partial charge in [-0.15, -0.1) is 45.5 Å². The summed E-state index contributed by atoms with van der Waals surface area (Å²) in [5.41, 5.74) is 11.7. The van der Waals surface area contributed by atoms with Crippen molar-refractivity contribution in [2.75, 3.05) is 0 Å². The Balaban J connectivity index is 0.00000360. The van der Waals surface area contributed by atoms with E-state index in [4.69, 9.17) is 15.2 Å². The van der Waals surface area contributed by atoms with Gasteiger partial charge >= 0.3 is 21.1 Å². The van der Waals surface area contributed by atoms with Gasteiger partial charge < -0.3 is 4.40 Å². The fourth-order valence-corrected chi connectivity index (χ4v) is 9.04. The number of benzene rings is 6. The number of para-hydroxylation sites is 1. The molecule has 4 nitrogen and oxygen atoms in total. The molecule has 10 rings (SSSR count). The van der Waals surface area contributed by atoms with Crippen LogP contribution in [-0.4, -0.2) is 19.6 Å². The monoisotopic (exact) mass is 865 g/mol. The maximum atomic E-state index is 5.00. The Hall–Kier alpha value is -5.35. The number of pyridine rings is 2. The molecule has 0 bridgehead atoms. The third kappa shape index (κ3) is 4.76. The molecule has 6 heteroatoms. The molecule has 3 aromatic heterocycles. The van der Waals surface area contributed by atoms with Gasteiger partial charge in [-0.3, -0.25) is 4.98 Å². The van der Waals surface area contributed by atoms with Gasteiger partial charge in [0.2, 0.25) is 0 Å². The van der Waals surface area contributed by atoms with Crippen LogP contribution in [0.5, 0.6) is 0 Å². The number of rotatable bonds is 5. The quantitative estimate of drug-likeness (QED) is 0.128. The first-order chi connectivity index (χ1) is 25.1. The molecule has 0 amide bonds. The predicted molar refractivity (Wildman–Crippen MR) is 206 cm³/mol. The van der Waals surface area contributed by atoms with E-state index in [1.54, 1.807) is 11.8 Å². The van der Waals surface area contributed by atoms with Crippen LogP contribution in [0.25, 0.3) is 49.8 Å². The summed E-state index contributed by atoms with van der Waals surface area (Å²) in [5.74, 6) is 0.850. The van der Waals surface area contributed by atoms with Crippen molar-refractivity contribution in [3.8, 4) is 22.5 Å². The molecule has 0 saturated carbocycles. The molecule has 9 aromatic rings. The fraction of sp³-hybridized carbons (Fsp3) is 0.0652. The molecule has 52 heavy (non-hydrogen) atoms. The second-order valence-electron chi connectivity index (χ2n) is 13.2. The molecule has 0 fully saturated rings. The van der Waals surface area contributed by atoms with Gasteiger partial charge in [-0.05, 0) is 70.8 Å². The average molecular weight is 866 g/mol. The Morgan fingerprint density at radius 1 is 0.596 bits per heavy atom. The largest absolute Gasteiger partial charge is 2.00 e. The summed E-state index contributed by atoms with van der Waals surface area (Å²) in [5, 5.41) is 12.8. The van der Waals surface area contributed by atoms with Crippen molar-refractivity contribution in [1.82, 2.24) is 19.6 Å². The Labute approximate surface area is 320 Å². The van der Waals surface area contributed by atoms with E-state index in [0.717, 1.165) is 59.8 Å². The molecule has 1 aliphatic carbocycles. The maximum absolute atomic E-state index is 5.00. The van der Waals surface area contributed by atoms with Gasteiger partial charge in [0.25, 0.3) is 0 Å². The molecule has 0 unspecified atom stereocenters. The van der Waals surface area contributed by atoms with Gasteiger partial charge in [0.05, 0.1) is 16.8 Å². The van der Waals surface area contributed by atoms with Crippen LogP contribution in [-0.2, 0) is 26.5 Å². The van der Waals surface area contributed by atoms with Gasteiger partial charge in [0.15, 0.2) is 5.82 Å². The first-order valence-electron chi connectivity index (χ1n) is 17.1. The molecule has 250 valence electrons. The van der Waals surface area contributed by atoms with Crippen molar-refractivity contribution in [2.45, 2.75) is 29.1 Å². The molecule has 0 atom stereocenters. The fourth-order valence-electron chi connectivity index (χ4n) is 8.20. The topological polar surface area (TPSA) is 43.1 Å². The smallest absolute Gasteiger partial charge is 0.316 e. The zero-order chi connectivity index (χ0) is 34.1. The number of nitrogens with zero attached hydrogens (tertiary/aromatic N) is 4. The number of fused-ring (bicyclic) bond motifs is 9. The van der Waals surface area contributed by atoms with Crippen molar-refractivity contribution in [3.05, 3.63) is 191 Å². The van der Waals surface area contributed by atoms with Crippen molar-refractivity contribution in [1.29, 1.82) is 0 Å². The van der Waals surface area contributed by atoms with E-state index in [1.165, 1.54) is 33.4 Å². The molecule has 0 aliphatic heterocycles. The normalized spacial score (nSPS) is 12.9. The second kappa shape index (κ2) is 12.7. The minimum Gasteiger partial charge on any atom is -0.316 e. The number of hydrogen-bond acceptors (Lipinski definition) is 4. The van der Waals surface area contributed by atoms with Gasteiger partial charge in [-0.2, -0.15) is 29.4 Å². The van der Waals surface area contributed by atoms with Crippen LogP contribution in [0, 0.1) is 26.0 Å². The Morgan fingerprint density at radius 2 is 1.27 bits per heavy atom. The SMILES string of the molecule is Cc1cccc(C)c1-c1nnc2c3[c-]c(Sc4[c-]c(C5(c6ccccn6)c6ccccc6-c6ccccc65)ccc4)ccc3c3ccccc3n12.[Pt+2]. The molecule has 0 radical (unpaired) electrons. The summed E-state index contributed by atoms with van der Waals surface area (Å²) >= 11 is 1.66. The van der Waals surface area contributed by atoms with E-state index >= 15 is 0 Å². The molecule has 0 N–H and O–H groups in total. The van der Waals surface area contributed by atoms with E-state index in [9.17, 15) is 0 Å². The van der Waals surface area contributed by atoms with Crippen LogP contribution in [0.2, 0.25) is 0 Å². The minimum absolute atomic E-state index is 0. The Kier molecular flexibility index (Phi) is 7.95. The van der Waals surface area contributed by atoms with Gasteiger partial charge in [0, 0.05) is 17.3 Å². The summed E-state index contributed by atoms with van der Waals surface area (Å²) in [7, 11) is 0. The minimum atomic E-state index is -0.602. The summed E-state index contributed by atoms with van der Waals surface area (Å²) < 4.78 is 2.20. The van der Waals surface area contributed by atoms with Crippen LogP contribution in [0.15, 0.2) is 156 Å². The van der Waals surface area contributed by atoms with Gasteiger partial charge in [-0.25, -0.2) is 0 Å². The van der Waals surface area contributed by atoms with E-state index < -0.39 is 5.41 Å². The van der Waals surface area contributed by atoms with Gasteiger partial charge in [0.1, 0.15) is 0 Å². The van der Waals surface area contributed by atoms with Crippen molar-refractivity contribution in [3.63, 3.8) is 0 Å². The zero-order valence-electron chi connectivity index (χ0n) is 28.4. The van der Waals surface area contributed by atoms with E-state index in [2.05, 4.69) is 164 Å². The summed E-state index contributed by atoms with van der Waals surface area (Å²) in [6.45, 7) is 4.28. The molecule has 3 heterocycles. The first kappa shape index (κ1) is 32.5. The number of hydrogen-bond donors (Lipinski definition) is 0. The van der Waals surface area contributed by atoms with Crippen molar-refractivity contribution < 1.29 is 21.1 Å². The van der Waals surface area contributed by atoms with E-state index in [-0.39, 0.29) is 21.1 Å². The molecular formula is C46H30N4PtS. The van der Waals surface area contributed by atoms with Crippen LogP contribution >= 0.6 is 11.8 Å². The van der Waals surface area contributed by atoms with Crippen LogP contribution < -0.4 is 0 Å². The predicted octanol–water partition coefficient (Wildman–Crippen LogP) is 10.8. The van der Waals surface area contributed by atoms with Crippen molar-refractivity contribution in [2.24, 2.45) is 0 Å². The molecule has 0 spiro atoms. The number of aryl methyl sites for hydroxylation is 2. The van der Waals surface area contributed by atoms with Gasteiger partial charge in [-0.1, -0.05) is 107 Å². The third-order valence-corrected chi connectivity index (χ3v) is 11.3. The number of aromatic nitrogens is 4. The molecule has 6 aromatic carbocycles. The first-order valence-corrected chi connectivity index (χ1v) is 17.9. The van der Waals surface area contributed by atoms with Crippen LogP contribution in [0.3, 0.4) is 0 Å². The Bertz CT molecular complexity index is 2760.